The Labute approximate surface area is 181 Å². The predicted octanol–water partition coefficient (Wildman–Crippen LogP) is 3.40. The minimum Gasteiger partial charge on any atom is -0.306 e. The molecule has 3 rings (SSSR count). The zero-order valence-corrected chi connectivity index (χ0v) is 17.8. The highest BCUT2D eigenvalue weighted by Crippen LogP contribution is 2.22. The molecule has 9 heteroatoms. The Morgan fingerprint density at radius 2 is 2.19 bits per heavy atom. The van der Waals surface area contributed by atoms with E-state index in [9.17, 15) is 14.0 Å². The zero-order valence-electron chi connectivity index (χ0n) is 17.8. The van der Waals surface area contributed by atoms with Crippen LogP contribution < -0.4 is 10.6 Å². The Morgan fingerprint density at radius 3 is 2.94 bits per heavy atom. The second-order valence-corrected chi connectivity index (χ2v) is 7.77. The van der Waals surface area contributed by atoms with Crippen molar-refractivity contribution in [3.63, 3.8) is 0 Å². The number of anilines is 2. The minimum atomic E-state index is -0.531. The van der Waals surface area contributed by atoms with E-state index in [1.165, 1.54) is 11.1 Å². The van der Waals surface area contributed by atoms with Gasteiger partial charge in [0.05, 0.1) is 24.2 Å². The molecule has 0 bridgehead atoms. The Bertz CT molecular complexity index is 893. The van der Waals surface area contributed by atoms with Gasteiger partial charge in [-0.2, -0.15) is 0 Å². The summed E-state index contributed by atoms with van der Waals surface area (Å²) in [5.41, 5.74) is 2.40. The topological polar surface area (TPSA) is 86.8 Å². The Hall–Kier alpha value is -3.04. The minimum absolute atomic E-state index is 0.125. The molecule has 2 aromatic rings. The van der Waals surface area contributed by atoms with E-state index < -0.39 is 11.8 Å². The third-order valence-electron chi connectivity index (χ3n) is 5.12. The van der Waals surface area contributed by atoms with Gasteiger partial charge < -0.3 is 10.6 Å². The maximum absolute atomic E-state index is 14.3. The first-order valence-corrected chi connectivity index (χ1v) is 10.3. The molecular formula is C22H28FN5O3. The molecule has 8 nitrogen and oxygen atoms in total. The van der Waals surface area contributed by atoms with Crippen molar-refractivity contribution >= 4 is 23.8 Å². The van der Waals surface area contributed by atoms with Crippen molar-refractivity contribution in [3.05, 3.63) is 53.6 Å². The number of aromatic nitrogens is 1. The van der Waals surface area contributed by atoms with Gasteiger partial charge in [-0.25, -0.2) is 14.2 Å². The van der Waals surface area contributed by atoms with E-state index in [0.717, 1.165) is 37.2 Å². The Balaban J connectivity index is 1.56. The van der Waals surface area contributed by atoms with Crippen molar-refractivity contribution < 1.29 is 18.8 Å². The molecule has 1 aliphatic rings. The van der Waals surface area contributed by atoms with Gasteiger partial charge in [0.1, 0.15) is 5.82 Å². The maximum Gasteiger partial charge on any atom is 0.323 e. The van der Waals surface area contributed by atoms with Crippen LogP contribution in [-0.2, 0) is 16.2 Å². The average Bonchev–Trinajstić information content (AvgIpc) is 2.76. The molecular weight excluding hydrogens is 401 g/mol. The van der Waals surface area contributed by atoms with Gasteiger partial charge in [0.25, 0.3) is 0 Å². The molecule has 0 spiro atoms. The number of hydrogen-bond acceptors (Lipinski definition) is 5. The largest absolute Gasteiger partial charge is 0.323 e. The van der Waals surface area contributed by atoms with Gasteiger partial charge in [-0.05, 0) is 62.1 Å². The highest BCUT2D eigenvalue weighted by Gasteiger charge is 2.21. The summed E-state index contributed by atoms with van der Waals surface area (Å²) < 4.78 is 14.3. The number of benzene rings is 1. The number of piperidine rings is 1. The molecule has 1 fully saturated rings. The molecule has 1 saturated heterocycles. The average molecular weight is 429 g/mol. The van der Waals surface area contributed by atoms with E-state index in [-0.39, 0.29) is 5.69 Å². The van der Waals surface area contributed by atoms with Crippen molar-refractivity contribution in [1.29, 1.82) is 0 Å². The summed E-state index contributed by atoms with van der Waals surface area (Å²) in [6.45, 7) is 4.73. The highest BCUT2D eigenvalue weighted by molar-refractivity contribution is 5.99. The lowest BCUT2D eigenvalue weighted by Crippen LogP contribution is -2.37. The molecule has 0 aliphatic carbocycles. The van der Waals surface area contributed by atoms with Crippen molar-refractivity contribution in [2.24, 2.45) is 5.92 Å². The van der Waals surface area contributed by atoms with Crippen LogP contribution in [0.3, 0.4) is 0 Å². The van der Waals surface area contributed by atoms with Crippen molar-refractivity contribution in [3.8, 4) is 0 Å². The summed E-state index contributed by atoms with van der Waals surface area (Å²) in [4.78, 5) is 34.7. The van der Waals surface area contributed by atoms with Gasteiger partial charge >= 0.3 is 6.03 Å². The van der Waals surface area contributed by atoms with Crippen LogP contribution in [0, 0.1) is 18.7 Å². The molecule has 0 saturated carbocycles. The lowest BCUT2D eigenvalue weighted by Gasteiger charge is -2.33. The normalized spacial score (nSPS) is 16.5. The van der Waals surface area contributed by atoms with Crippen LogP contribution in [-0.4, -0.2) is 54.1 Å². The molecule has 31 heavy (non-hydrogen) atoms. The van der Waals surface area contributed by atoms with E-state index in [4.69, 9.17) is 4.84 Å². The van der Waals surface area contributed by atoms with Crippen LogP contribution in [0.1, 0.15) is 24.1 Å². The molecule has 0 unspecified atom stereocenters. The summed E-state index contributed by atoms with van der Waals surface area (Å²) in [6, 6.07) is 7.73. The summed E-state index contributed by atoms with van der Waals surface area (Å²) in [5.74, 6) is -0.175. The number of likely N-dealkylation sites (tertiary alicyclic amines) is 1. The second-order valence-electron chi connectivity index (χ2n) is 7.77. The first-order chi connectivity index (χ1) is 14.9. The summed E-state index contributed by atoms with van der Waals surface area (Å²) >= 11 is 0. The number of carbonyl (C=O) groups is 2. The number of rotatable bonds is 8. The van der Waals surface area contributed by atoms with Crippen LogP contribution in [0.5, 0.6) is 0 Å². The summed E-state index contributed by atoms with van der Waals surface area (Å²) in [6.07, 6.45) is 4.25. The SMILES string of the molecule is Cc1ccc(NC(=O)Nc2cc(CN3CCC[C@H](CON(C)C=O)C3)ccc2F)cn1. The third kappa shape index (κ3) is 7.01. The number of pyridine rings is 1. The van der Waals surface area contributed by atoms with E-state index in [1.807, 2.05) is 6.92 Å². The Morgan fingerprint density at radius 1 is 1.35 bits per heavy atom. The number of nitrogens with zero attached hydrogens (tertiary/aromatic N) is 3. The molecule has 166 valence electrons. The number of aryl methyl sites for hydroxylation is 1. The van der Waals surface area contributed by atoms with Crippen LogP contribution >= 0.6 is 0 Å². The number of hydrogen-bond donors (Lipinski definition) is 2. The number of urea groups is 1. The fourth-order valence-corrected chi connectivity index (χ4v) is 3.54. The van der Waals surface area contributed by atoms with E-state index >= 15 is 0 Å². The number of halogens is 1. The molecule has 2 heterocycles. The number of hydroxylamine groups is 2. The number of nitrogens with one attached hydrogen (secondary N) is 2. The fraction of sp³-hybridized carbons (Fsp3) is 0.409. The highest BCUT2D eigenvalue weighted by atomic mass is 19.1. The third-order valence-corrected chi connectivity index (χ3v) is 5.12. The predicted molar refractivity (Wildman–Crippen MR) is 116 cm³/mol. The van der Waals surface area contributed by atoms with E-state index in [0.29, 0.717) is 31.2 Å². The van der Waals surface area contributed by atoms with Crippen molar-refractivity contribution in [2.75, 3.05) is 37.4 Å². The van der Waals surface area contributed by atoms with E-state index in [1.54, 1.807) is 37.5 Å². The van der Waals surface area contributed by atoms with Gasteiger partial charge in [0, 0.05) is 25.8 Å². The van der Waals surface area contributed by atoms with Crippen LogP contribution in [0.25, 0.3) is 0 Å². The van der Waals surface area contributed by atoms with Gasteiger partial charge in [0.2, 0.25) is 6.41 Å². The molecule has 2 N–H and O–H groups in total. The van der Waals surface area contributed by atoms with Crippen molar-refractivity contribution in [1.82, 2.24) is 14.9 Å². The van der Waals surface area contributed by atoms with E-state index in [2.05, 4.69) is 20.5 Å². The van der Waals surface area contributed by atoms with Crippen LogP contribution in [0.4, 0.5) is 20.6 Å². The zero-order chi connectivity index (χ0) is 22.2. The molecule has 0 radical (unpaired) electrons. The lowest BCUT2D eigenvalue weighted by molar-refractivity contribution is -0.169. The lowest BCUT2D eigenvalue weighted by atomic mass is 9.98. The van der Waals surface area contributed by atoms with Gasteiger partial charge in [-0.15, -0.1) is 0 Å². The second kappa shape index (κ2) is 10.8. The van der Waals surface area contributed by atoms with Gasteiger partial charge in [0.15, 0.2) is 0 Å². The Kier molecular flexibility index (Phi) is 7.91. The summed E-state index contributed by atoms with van der Waals surface area (Å²) in [5, 5.41) is 6.39. The first kappa shape index (κ1) is 22.6. The standard InChI is InChI=1S/C22H28FN5O3/c1-16-5-7-19(11-24-16)25-22(30)26-21-10-17(6-8-20(21)23)12-28-9-3-4-18(13-28)14-31-27(2)15-29/h5-8,10-11,15,18H,3-4,9,12-14H2,1-2H3,(H2,25,26,30)/t18-/m0/s1. The first-order valence-electron chi connectivity index (χ1n) is 10.3. The molecule has 3 amide bonds. The van der Waals surface area contributed by atoms with Crippen LogP contribution in [0.2, 0.25) is 0 Å². The quantitative estimate of drug-likeness (QED) is 0.496. The smallest absolute Gasteiger partial charge is 0.306 e. The summed E-state index contributed by atoms with van der Waals surface area (Å²) in [7, 11) is 1.58. The van der Waals surface area contributed by atoms with Crippen molar-refractivity contribution in [2.45, 2.75) is 26.3 Å². The maximum atomic E-state index is 14.3. The number of amides is 3. The molecule has 1 aromatic heterocycles. The van der Waals surface area contributed by atoms with Gasteiger partial charge in [-0.1, -0.05) is 6.07 Å². The van der Waals surface area contributed by atoms with Crippen LogP contribution in [0.15, 0.2) is 36.5 Å². The molecule has 1 aromatic carbocycles. The molecule has 1 atom stereocenters. The van der Waals surface area contributed by atoms with Gasteiger partial charge in [-0.3, -0.25) is 19.5 Å². The molecule has 1 aliphatic heterocycles. The monoisotopic (exact) mass is 429 g/mol. The fourth-order valence-electron chi connectivity index (χ4n) is 3.54. The number of carbonyl (C=O) groups excluding carboxylic acids is 2.